The summed E-state index contributed by atoms with van der Waals surface area (Å²) >= 11 is -13.0. The van der Waals surface area contributed by atoms with Gasteiger partial charge in [-0.1, -0.05) is 0 Å². The van der Waals surface area contributed by atoms with E-state index in [-0.39, 0.29) is 18.5 Å². The van der Waals surface area contributed by atoms with Gasteiger partial charge in [0.2, 0.25) is 0 Å². The van der Waals surface area contributed by atoms with Gasteiger partial charge in [0, 0.05) is 0 Å². The molecule has 0 bridgehead atoms. The summed E-state index contributed by atoms with van der Waals surface area (Å²) in [7, 11) is 0. The van der Waals surface area contributed by atoms with E-state index < -0.39 is 15.5 Å². The van der Waals surface area contributed by atoms with Gasteiger partial charge in [-0.25, -0.2) is 0 Å². The maximum absolute atomic E-state index is 13.0. The van der Waals surface area contributed by atoms with E-state index >= 15 is 0 Å². The maximum atomic E-state index is 9.91. The Morgan fingerprint density at radius 2 is 0.455 bits per heavy atom. The molecular formula is H12F7N3Pd. The van der Waals surface area contributed by atoms with Crippen LogP contribution in [0.1, 0.15) is 0 Å². The van der Waals surface area contributed by atoms with Gasteiger partial charge in [0.15, 0.2) is 0 Å². The van der Waals surface area contributed by atoms with Gasteiger partial charge in [0.25, 0.3) is 0 Å². The van der Waals surface area contributed by atoms with Gasteiger partial charge in [-0.05, 0) is 0 Å². The monoisotopic (exact) mass is 293 g/mol. The predicted molar refractivity (Wildman–Crippen MR) is 25.7 cm³/mol. The third kappa shape index (κ3) is 238000. The van der Waals surface area contributed by atoms with Crippen molar-refractivity contribution in [2.75, 3.05) is 0 Å². The molecule has 11 heteroatoms. The average Bonchev–Trinajstić information content (AvgIpc) is 0.544. The molecule has 86 valence electrons. The molecule has 0 saturated heterocycles. The van der Waals surface area contributed by atoms with Crippen LogP contribution in [0, 0.1) is 0 Å². The Bertz CT molecular complexity index is 106. The minimum atomic E-state index is -13.0. The summed E-state index contributed by atoms with van der Waals surface area (Å²) in [6, 6.07) is 0. The standard InChI is InChI=1S/7FH.3H3N.Pd/h7*1H;3*1H3;/q;;;;;;;;;;+4/p-4. The molecule has 3 nitrogen and oxygen atoms in total. The van der Waals surface area contributed by atoms with Crippen LogP contribution in [0.4, 0.5) is 22.6 Å². The molecule has 0 unspecified atom stereocenters. The second-order valence-corrected chi connectivity index (χ2v) is 5.61. The Balaban J connectivity index is -0.0000000817. The summed E-state index contributed by atoms with van der Waals surface area (Å²) in [6.45, 7) is 0. The van der Waals surface area contributed by atoms with Crippen molar-refractivity contribution in [2.24, 2.45) is 0 Å². The molecule has 0 aromatic carbocycles. The maximum Gasteiger partial charge on any atom is -0.369 e. The smallest absolute Gasteiger partial charge is 0.369 e. The zero-order valence-corrected chi connectivity index (χ0v) is 7.52. The van der Waals surface area contributed by atoms with Crippen LogP contribution < -0.4 is 18.5 Å². The molecule has 0 rings (SSSR count). The first-order valence-electron chi connectivity index (χ1n) is 0.837. The summed E-state index contributed by atoms with van der Waals surface area (Å²) in [5, 5.41) is 0. The fourth-order valence-corrected chi connectivity index (χ4v) is 0. The summed E-state index contributed by atoms with van der Waals surface area (Å²) in [5.74, 6) is 0. The van der Waals surface area contributed by atoms with Crippen molar-refractivity contribution in [3.63, 3.8) is 0 Å². The second-order valence-electron chi connectivity index (χ2n) is 0.949. The molecule has 0 radical (unpaired) electrons. The molecule has 11 heavy (non-hydrogen) atoms. The zero-order chi connectivity index (χ0) is 7.38. The Hall–Kier alpha value is 0.0523. The molecule has 0 aromatic heterocycles. The van der Waals surface area contributed by atoms with Crippen LogP contribution in [-0.2, 0) is 15.5 Å². The number of rotatable bonds is 0. The van der Waals surface area contributed by atoms with Crippen LogP contribution in [0.5, 0.6) is 0 Å². The Kier molecular flexibility index (Phi) is 3.79. The van der Waals surface area contributed by atoms with Gasteiger partial charge in [-0.3, -0.25) is 0 Å². The zero-order valence-electron chi connectivity index (χ0n) is 5.96. The molecule has 0 aliphatic heterocycles. The van der Waals surface area contributed by atoms with E-state index in [4.69, 9.17) is 0 Å². The van der Waals surface area contributed by atoms with E-state index in [1.165, 1.54) is 0 Å². The molecule has 12 N–H and O–H groups in total. The first-order chi connectivity index (χ1) is 2.65. The van der Waals surface area contributed by atoms with Crippen molar-refractivity contribution in [3.8, 4) is 0 Å². The number of halogens is 7. The SMILES string of the molecule is [F][Pd-3]([F])([F])([F])([F])([F])[F].[NH4+].[NH4+].[NH4+]. The number of hydrogen-bond acceptors (Lipinski definition) is 0. The molecule has 0 aliphatic rings. The molecule has 0 saturated carbocycles. The third-order valence-electron chi connectivity index (χ3n) is 0. The van der Waals surface area contributed by atoms with Gasteiger partial charge >= 0.3 is 38.0 Å². The Morgan fingerprint density at radius 3 is 0.455 bits per heavy atom. The number of quaternary nitrogens is 3. The molecule has 0 aromatic rings. The topological polar surface area (TPSA) is 110 Å². The second kappa shape index (κ2) is 1.86. The fraction of sp³-hybridized carbons (Fsp3) is 0. The van der Waals surface area contributed by atoms with Crippen molar-refractivity contribution in [1.29, 1.82) is 0 Å². The van der Waals surface area contributed by atoms with Crippen molar-refractivity contribution >= 4 is 0 Å². The van der Waals surface area contributed by atoms with Crippen molar-refractivity contribution in [2.45, 2.75) is 0 Å². The Labute approximate surface area is 57.3 Å². The molecule has 0 heterocycles. The van der Waals surface area contributed by atoms with E-state index in [0.717, 1.165) is 0 Å². The van der Waals surface area contributed by atoms with Gasteiger partial charge in [-0.2, -0.15) is 0 Å². The van der Waals surface area contributed by atoms with Gasteiger partial charge < -0.3 is 18.5 Å². The van der Waals surface area contributed by atoms with Crippen molar-refractivity contribution < 1.29 is 38.0 Å². The molecular weight excluding hydrogens is 281 g/mol. The molecule has 0 atom stereocenters. The van der Waals surface area contributed by atoms with E-state index in [1.807, 2.05) is 0 Å². The summed E-state index contributed by atoms with van der Waals surface area (Å²) in [5.41, 5.74) is 0. The molecule has 0 spiro atoms. The van der Waals surface area contributed by atoms with Crippen molar-refractivity contribution in [3.05, 3.63) is 0 Å². The van der Waals surface area contributed by atoms with Gasteiger partial charge in [0.05, 0.1) is 0 Å². The predicted octanol–water partition coefficient (Wildman–Crippen LogP) is 4.07. The Morgan fingerprint density at radius 1 is 0.455 bits per heavy atom. The molecule has 0 fully saturated rings. The normalized spacial score (nSPS) is 19.7. The summed E-state index contributed by atoms with van der Waals surface area (Å²) in [4.78, 5) is 0. The summed E-state index contributed by atoms with van der Waals surface area (Å²) in [6.07, 6.45) is 0. The van der Waals surface area contributed by atoms with E-state index in [2.05, 4.69) is 0 Å². The van der Waals surface area contributed by atoms with E-state index in [0.29, 0.717) is 0 Å². The molecule has 0 aliphatic carbocycles. The van der Waals surface area contributed by atoms with Crippen LogP contribution in [0.3, 0.4) is 0 Å². The van der Waals surface area contributed by atoms with Gasteiger partial charge in [0.1, 0.15) is 0 Å². The third-order valence-corrected chi connectivity index (χ3v) is 0. The minimum absolute atomic E-state index is 0. The minimum Gasteiger partial charge on any atom is -0.369 e. The van der Waals surface area contributed by atoms with Crippen LogP contribution in [0.25, 0.3) is 0 Å². The van der Waals surface area contributed by atoms with Gasteiger partial charge in [-0.15, -0.1) is 0 Å². The summed E-state index contributed by atoms with van der Waals surface area (Å²) < 4.78 is 69.4. The van der Waals surface area contributed by atoms with E-state index in [1.54, 1.807) is 0 Å². The van der Waals surface area contributed by atoms with E-state index in [9.17, 15) is 22.6 Å². The van der Waals surface area contributed by atoms with Crippen LogP contribution in [0.15, 0.2) is 0 Å². The average molecular weight is 294 g/mol. The van der Waals surface area contributed by atoms with Crippen LogP contribution in [-0.4, -0.2) is 0 Å². The fourth-order valence-electron chi connectivity index (χ4n) is 0. The first-order valence-corrected chi connectivity index (χ1v) is 4.95. The quantitative estimate of drug-likeness (QED) is 0.442. The number of hydrogen-bond donors (Lipinski definition) is 3. The van der Waals surface area contributed by atoms with Crippen molar-refractivity contribution in [1.82, 2.24) is 18.5 Å². The first kappa shape index (κ1) is 22.5. The molecule has 0 amide bonds. The van der Waals surface area contributed by atoms with Crippen LogP contribution in [0.2, 0.25) is 0 Å². The van der Waals surface area contributed by atoms with Crippen LogP contribution >= 0.6 is 0 Å². The largest absolute Gasteiger partial charge is 0.369 e.